The van der Waals surface area contributed by atoms with E-state index in [2.05, 4.69) is 0 Å². The van der Waals surface area contributed by atoms with Crippen LogP contribution in [0.3, 0.4) is 0 Å². The van der Waals surface area contributed by atoms with Crippen LogP contribution in [0.15, 0.2) is 48.0 Å². The molecule has 0 spiro atoms. The van der Waals surface area contributed by atoms with Crippen molar-refractivity contribution in [3.8, 4) is 17.2 Å². The number of ketones is 1. The van der Waals surface area contributed by atoms with E-state index in [-0.39, 0.29) is 29.4 Å². The fraction of sp³-hybridized carbons (Fsp3) is 0.273. The summed E-state index contributed by atoms with van der Waals surface area (Å²) in [4.78, 5) is 27.0. The summed E-state index contributed by atoms with van der Waals surface area (Å²) in [5.41, 5.74) is 6.47. The molecular formula is C22H24N2O6. The van der Waals surface area contributed by atoms with Crippen molar-refractivity contribution < 1.29 is 29.3 Å². The molecule has 8 heteroatoms. The average molecular weight is 412 g/mol. The number of hydrogen-bond donors (Lipinski definition) is 3. The molecule has 0 aromatic heterocycles. The fourth-order valence-corrected chi connectivity index (χ4v) is 3.49. The fourth-order valence-electron chi connectivity index (χ4n) is 3.49. The Bertz CT molecular complexity index is 984. The molecule has 1 unspecified atom stereocenters. The zero-order valence-corrected chi connectivity index (χ0v) is 16.8. The Hall–Kier alpha value is -3.52. The Kier molecular flexibility index (Phi) is 6.27. The minimum atomic E-state index is -0.840. The van der Waals surface area contributed by atoms with Gasteiger partial charge in [0.05, 0.1) is 25.8 Å². The molecular weight excluding hydrogens is 388 g/mol. The smallest absolute Gasteiger partial charge is 0.295 e. The summed E-state index contributed by atoms with van der Waals surface area (Å²) in [6.07, 6.45) is 0.487. The number of phenols is 1. The van der Waals surface area contributed by atoms with Gasteiger partial charge in [-0.2, -0.15) is 0 Å². The molecule has 2 aromatic carbocycles. The van der Waals surface area contributed by atoms with Crippen LogP contribution in [0.5, 0.6) is 17.2 Å². The topological polar surface area (TPSA) is 122 Å². The van der Waals surface area contributed by atoms with Gasteiger partial charge in [0.25, 0.3) is 11.7 Å². The van der Waals surface area contributed by atoms with Gasteiger partial charge in [-0.15, -0.1) is 0 Å². The van der Waals surface area contributed by atoms with Gasteiger partial charge in [-0.1, -0.05) is 6.07 Å². The van der Waals surface area contributed by atoms with Gasteiger partial charge < -0.3 is 30.3 Å². The van der Waals surface area contributed by atoms with Crippen LogP contribution >= 0.6 is 0 Å². The Morgan fingerprint density at radius 1 is 1.10 bits per heavy atom. The molecule has 2 aromatic rings. The maximum Gasteiger partial charge on any atom is 0.295 e. The zero-order valence-electron chi connectivity index (χ0n) is 16.8. The number of phenolic OH excluding ortho intramolecular Hbond substituents is 1. The zero-order chi connectivity index (χ0) is 21.8. The summed E-state index contributed by atoms with van der Waals surface area (Å²) in [7, 11) is 2.93. The molecule has 1 atom stereocenters. The standard InChI is InChI=1S/C22H24N2O6/c1-29-15-7-4-13(5-8-15)20(26)18-19(14-6-9-16(25)17(12-14)30-2)24(11-3-10-23)22(28)21(18)27/h4-9,12,19,25-26H,3,10-11,23H2,1-2H3/b20-18+. The predicted molar refractivity (Wildman–Crippen MR) is 110 cm³/mol. The maximum absolute atomic E-state index is 12.9. The number of nitrogens with zero attached hydrogens (tertiary/aromatic N) is 1. The second kappa shape index (κ2) is 8.87. The van der Waals surface area contributed by atoms with Crippen molar-refractivity contribution in [2.45, 2.75) is 12.5 Å². The van der Waals surface area contributed by atoms with Crippen LogP contribution < -0.4 is 15.2 Å². The highest BCUT2D eigenvalue weighted by Gasteiger charge is 2.45. The summed E-state index contributed by atoms with van der Waals surface area (Å²) in [6, 6.07) is 10.2. The molecule has 3 rings (SSSR count). The number of ether oxygens (including phenoxy) is 2. The summed E-state index contributed by atoms with van der Waals surface area (Å²) in [5.74, 6) is -1.07. The largest absolute Gasteiger partial charge is 0.507 e. The minimum absolute atomic E-state index is 0.0325. The number of nitrogens with two attached hydrogens (primary N) is 1. The third kappa shape index (κ3) is 3.81. The minimum Gasteiger partial charge on any atom is -0.507 e. The van der Waals surface area contributed by atoms with Crippen LogP contribution in [0.25, 0.3) is 5.76 Å². The lowest BCUT2D eigenvalue weighted by molar-refractivity contribution is -0.139. The Morgan fingerprint density at radius 3 is 2.40 bits per heavy atom. The molecule has 158 valence electrons. The van der Waals surface area contributed by atoms with E-state index in [1.54, 1.807) is 36.4 Å². The van der Waals surface area contributed by atoms with Crippen molar-refractivity contribution in [3.05, 3.63) is 59.2 Å². The van der Waals surface area contributed by atoms with Crippen LogP contribution in [-0.4, -0.2) is 54.1 Å². The number of carbonyl (C=O) groups is 2. The average Bonchev–Trinajstić information content (AvgIpc) is 3.02. The number of aromatic hydroxyl groups is 1. The number of aliphatic hydroxyl groups excluding tert-OH is 1. The maximum atomic E-state index is 12.9. The van der Waals surface area contributed by atoms with E-state index in [1.807, 2.05) is 0 Å². The highest BCUT2D eigenvalue weighted by Crippen LogP contribution is 2.41. The summed E-state index contributed by atoms with van der Waals surface area (Å²) < 4.78 is 10.3. The van der Waals surface area contributed by atoms with Gasteiger partial charge in [0.15, 0.2) is 11.5 Å². The number of carbonyl (C=O) groups excluding carboxylic acids is 2. The molecule has 0 radical (unpaired) electrons. The molecule has 4 N–H and O–H groups in total. The van der Waals surface area contributed by atoms with Gasteiger partial charge >= 0.3 is 0 Å². The van der Waals surface area contributed by atoms with E-state index in [1.165, 1.54) is 25.2 Å². The molecule has 1 saturated heterocycles. The lowest BCUT2D eigenvalue weighted by Gasteiger charge is -2.25. The van der Waals surface area contributed by atoms with E-state index in [9.17, 15) is 19.8 Å². The molecule has 0 saturated carbocycles. The Balaban J connectivity index is 2.16. The van der Waals surface area contributed by atoms with E-state index < -0.39 is 17.7 Å². The van der Waals surface area contributed by atoms with E-state index in [0.29, 0.717) is 29.8 Å². The van der Waals surface area contributed by atoms with Crippen molar-refractivity contribution in [1.82, 2.24) is 4.90 Å². The van der Waals surface area contributed by atoms with Gasteiger partial charge in [0.1, 0.15) is 11.5 Å². The van der Waals surface area contributed by atoms with Gasteiger partial charge in [0, 0.05) is 12.1 Å². The molecule has 0 aliphatic carbocycles. The molecule has 1 fully saturated rings. The van der Waals surface area contributed by atoms with Crippen LogP contribution in [0.4, 0.5) is 0 Å². The molecule has 1 heterocycles. The third-order valence-electron chi connectivity index (χ3n) is 5.03. The van der Waals surface area contributed by atoms with Crippen LogP contribution in [-0.2, 0) is 9.59 Å². The monoisotopic (exact) mass is 412 g/mol. The number of hydrogen-bond acceptors (Lipinski definition) is 7. The first-order chi connectivity index (χ1) is 14.4. The van der Waals surface area contributed by atoms with Crippen molar-refractivity contribution in [1.29, 1.82) is 0 Å². The summed E-state index contributed by atoms with van der Waals surface area (Å²) >= 11 is 0. The van der Waals surface area contributed by atoms with Gasteiger partial charge in [-0.3, -0.25) is 9.59 Å². The molecule has 1 aliphatic rings. The van der Waals surface area contributed by atoms with E-state index in [0.717, 1.165) is 0 Å². The number of benzene rings is 2. The second-order valence-electron chi connectivity index (χ2n) is 6.79. The normalized spacial score (nSPS) is 18.0. The quantitative estimate of drug-likeness (QED) is 0.362. The van der Waals surface area contributed by atoms with Crippen molar-refractivity contribution in [2.75, 3.05) is 27.3 Å². The first kappa shape index (κ1) is 21.2. The third-order valence-corrected chi connectivity index (χ3v) is 5.03. The second-order valence-corrected chi connectivity index (χ2v) is 6.79. The molecule has 1 aliphatic heterocycles. The lowest BCUT2D eigenvalue weighted by atomic mass is 9.95. The molecule has 0 bridgehead atoms. The van der Waals surface area contributed by atoms with Gasteiger partial charge in [0.2, 0.25) is 0 Å². The highest BCUT2D eigenvalue weighted by atomic mass is 16.5. The highest BCUT2D eigenvalue weighted by molar-refractivity contribution is 6.46. The first-order valence-corrected chi connectivity index (χ1v) is 9.42. The summed E-state index contributed by atoms with van der Waals surface area (Å²) in [6.45, 7) is 0.585. The lowest BCUT2D eigenvalue weighted by Crippen LogP contribution is -2.31. The number of Topliss-reactive ketones (excluding diaryl/α,β-unsaturated/α-hetero) is 1. The predicted octanol–water partition coefficient (Wildman–Crippen LogP) is 2.18. The van der Waals surface area contributed by atoms with Crippen LogP contribution in [0.2, 0.25) is 0 Å². The molecule has 8 nitrogen and oxygen atoms in total. The van der Waals surface area contributed by atoms with Crippen LogP contribution in [0.1, 0.15) is 23.6 Å². The van der Waals surface area contributed by atoms with Gasteiger partial charge in [-0.25, -0.2) is 0 Å². The van der Waals surface area contributed by atoms with Crippen molar-refractivity contribution >= 4 is 17.4 Å². The van der Waals surface area contributed by atoms with E-state index in [4.69, 9.17) is 15.2 Å². The molecule has 30 heavy (non-hydrogen) atoms. The SMILES string of the molecule is COc1ccc(/C(O)=C2\C(=O)C(=O)N(CCCN)C2c2ccc(O)c(OC)c2)cc1. The van der Waals surface area contributed by atoms with Crippen molar-refractivity contribution in [2.24, 2.45) is 5.73 Å². The van der Waals surface area contributed by atoms with E-state index >= 15 is 0 Å². The number of aliphatic hydroxyl groups is 1. The van der Waals surface area contributed by atoms with Crippen LogP contribution in [0, 0.1) is 0 Å². The first-order valence-electron chi connectivity index (χ1n) is 9.42. The molecule has 1 amide bonds. The number of rotatable bonds is 7. The van der Waals surface area contributed by atoms with Gasteiger partial charge in [-0.05, 0) is 54.9 Å². The Morgan fingerprint density at radius 2 is 1.80 bits per heavy atom. The Labute approximate surface area is 174 Å². The number of methoxy groups -OCH3 is 2. The summed E-state index contributed by atoms with van der Waals surface area (Å²) in [5, 5.41) is 20.9. The number of likely N-dealkylation sites (tertiary alicyclic amines) is 1. The number of amides is 1. The van der Waals surface area contributed by atoms with Crippen molar-refractivity contribution in [3.63, 3.8) is 0 Å².